The van der Waals surface area contributed by atoms with Crippen LogP contribution in [0.25, 0.3) is 0 Å². The van der Waals surface area contributed by atoms with Crippen LogP contribution in [0.1, 0.15) is 5.56 Å². The van der Waals surface area contributed by atoms with Gasteiger partial charge in [0, 0.05) is 17.4 Å². The van der Waals surface area contributed by atoms with Crippen LogP contribution in [0.2, 0.25) is 0 Å². The Hall–Kier alpha value is -2.53. The second kappa shape index (κ2) is 8.03. The first-order valence-corrected chi connectivity index (χ1v) is 8.74. The van der Waals surface area contributed by atoms with E-state index in [0.717, 1.165) is 37.6 Å². The van der Waals surface area contributed by atoms with E-state index in [1.165, 1.54) is 16.2 Å². The molecule has 0 atom stereocenters. The lowest BCUT2D eigenvalue weighted by molar-refractivity contribution is -0.892. The van der Waals surface area contributed by atoms with Crippen LogP contribution in [0.15, 0.2) is 48.5 Å². The molecule has 2 N–H and O–H groups in total. The number of anilines is 2. The molecule has 0 spiro atoms. The van der Waals surface area contributed by atoms with Crippen LogP contribution < -0.4 is 19.9 Å². The Labute approximate surface area is 149 Å². The molecule has 3 rings (SSSR count). The summed E-state index contributed by atoms with van der Waals surface area (Å²) < 4.78 is 5.19. The largest absolute Gasteiger partial charge is 0.497 e. The van der Waals surface area contributed by atoms with Gasteiger partial charge in [-0.2, -0.15) is 0 Å². The summed E-state index contributed by atoms with van der Waals surface area (Å²) in [5, 5.41) is 2.96. The minimum Gasteiger partial charge on any atom is -0.497 e. The highest BCUT2D eigenvalue weighted by Gasteiger charge is 2.23. The number of carbonyl (C=O) groups is 1. The van der Waals surface area contributed by atoms with E-state index >= 15 is 0 Å². The molecule has 1 aliphatic rings. The summed E-state index contributed by atoms with van der Waals surface area (Å²) in [6.07, 6.45) is 0. The van der Waals surface area contributed by atoms with E-state index in [0.29, 0.717) is 6.54 Å². The molecule has 0 radical (unpaired) electrons. The molecular weight excluding hydrogens is 314 g/mol. The van der Waals surface area contributed by atoms with E-state index < -0.39 is 0 Å². The number of rotatable bonds is 5. The molecule has 0 aliphatic carbocycles. The maximum absolute atomic E-state index is 12.3. The number of nitrogens with one attached hydrogen (secondary N) is 2. The van der Waals surface area contributed by atoms with Gasteiger partial charge in [0.1, 0.15) is 5.75 Å². The zero-order valence-electron chi connectivity index (χ0n) is 14.9. The number of piperazine rings is 1. The van der Waals surface area contributed by atoms with Crippen molar-refractivity contribution in [1.82, 2.24) is 0 Å². The molecule has 5 nitrogen and oxygen atoms in total. The Balaban J connectivity index is 1.50. The smallest absolute Gasteiger partial charge is 0.279 e. The third-order valence-electron chi connectivity index (χ3n) is 4.69. The van der Waals surface area contributed by atoms with Crippen LogP contribution in [-0.4, -0.2) is 45.7 Å². The van der Waals surface area contributed by atoms with Crippen LogP contribution >= 0.6 is 0 Å². The number of para-hydroxylation sites is 1. The monoisotopic (exact) mass is 340 g/mol. The van der Waals surface area contributed by atoms with Gasteiger partial charge in [-0.25, -0.2) is 0 Å². The van der Waals surface area contributed by atoms with Crippen molar-refractivity contribution in [2.45, 2.75) is 6.92 Å². The number of quaternary nitrogens is 1. The van der Waals surface area contributed by atoms with Gasteiger partial charge in [-0.15, -0.1) is 0 Å². The van der Waals surface area contributed by atoms with E-state index in [9.17, 15) is 4.79 Å². The lowest BCUT2D eigenvalue weighted by Crippen LogP contribution is -3.15. The number of carbonyl (C=O) groups excluding carboxylic acids is 1. The van der Waals surface area contributed by atoms with Crippen molar-refractivity contribution in [2.75, 3.05) is 50.1 Å². The van der Waals surface area contributed by atoms with Crippen LogP contribution in [-0.2, 0) is 4.79 Å². The summed E-state index contributed by atoms with van der Waals surface area (Å²) in [5.74, 6) is 0.796. The SMILES string of the molecule is COc1cccc(NC(=O)C[NH+]2CCN(c3ccccc3C)CC2)c1. The van der Waals surface area contributed by atoms with E-state index in [1.807, 2.05) is 24.3 Å². The molecule has 2 aromatic carbocycles. The molecule has 1 saturated heterocycles. The molecule has 1 amide bonds. The maximum Gasteiger partial charge on any atom is 0.279 e. The third kappa shape index (κ3) is 4.51. The highest BCUT2D eigenvalue weighted by Crippen LogP contribution is 2.19. The van der Waals surface area contributed by atoms with Crippen LogP contribution in [0.4, 0.5) is 11.4 Å². The molecule has 132 valence electrons. The van der Waals surface area contributed by atoms with Crippen molar-refractivity contribution in [1.29, 1.82) is 0 Å². The fourth-order valence-corrected chi connectivity index (χ4v) is 3.29. The molecule has 2 aromatic rings. The minimum atomic E-state index is 0.0487. The minimum absolute atomic E-state index is 0.0487. The van der Waals surface area contributed by atoms with Crippen LogP contribution in [0.5, 0.6) is 5.75 Å². The Morgan fingerprint density at radius 2 is 1.92 bits per heavy atom. The first kappa shape index (κ1) is 17.3. The summed E-state index contributed by atoms with van der Waals surface area (Å²) in [6.45, 7) is 6.55. The Morgan fingerprint density at radius 3 is 2.64 bits per heavy atom. The van der Waals surface area contributed by atoms with Crippen molar-refractivity contribution >= 4 is 17.3 Å². The number of nitrogens with zero attached hydrogens (tertiary/aromatic N) is 1. The van der Waals surface area contributed by atoms with Gasteiger partial charge in [-0.3, -0.25) is 4.79 Å². The first-order chi connectivity index (χ1) is 12.2. The molecule has 0 saturated carbocycles. The van der Waals surface area contributed by atoms with Gasteiger partial charge < -0.3 is 19.9 Å². The van der Waals surface area contributed by atoms with Crippen LogP contribution in [0, 0.1) is 6.92 Å². The van der Waals surface area contributed by atoms with E-state index in [2.05, 4.69) is 41.4 Å². The Bertz CT molecular complexity index is 724. The molecule has 1 heterocycles. The summed E-state index contributed by atoms with van der Waals surface area (Å²) >= 11 is 0. The van der Waals surface area contributed by atoms with Gasteiger partial charge in [-0.1, -0.05) is 24.3 Å². The highest BCUT2D eigenvalue weighted by atomic mass is 16.5. The topological polar surface area (TPSA) is 46.0 Å². The molecule has 1 fully saturated rings. The number of hydrogen-bond donors (Lipinski definition) is 2. The van der Waals surface area contributed by atoms with Gasteiger partial charge in [-0.05, 0) is 30.7 Å². The molecule has 1 aliphatic heterocycles. The highest BCUT2D eigenvalue weighted by molar-refractivity contribution is 5.91. The van der Waals surface area contributed by atoms with Gasteiger partial charge >= 0.3 is 0 Å². The number of aryl methyl sites for hydroxylation is 1. The fraction of sp³-hybridized carbons (Fsp3) is 0.350. The predicted octanol–water partition coefficient (Wildman–Crippen LogP) is 1.35. The van der Waals surface area contributed by atoms with Crippen LogP contribution in [0.3, 0.4) is 0 Å². The maximum atomic E-state index is 12.3. The summed E-state index contributed by atoms with van der Waals surface area (Å²) in [6, 6.07) is 15.9. The normalized spacial score (nSPS) is 15.0. The second-order valence-corrected chi connectivity index (χ2v) is 6.48. The number of methoxy groups -OCH3 is 1. The van der Waals surface area contributed by atoms with Crippen molar-refractivity contribution in [3.8, 4) is 5.75 Å². The standard InChI is InChI=1S/C20H25N3O2/c1-16-6-3-4-9-19(16)23-12-10-22(11-13-23)15-20(24)21-17-7-5-8-18(14-17)25-2/h3-9,14H,10-13,15H2,1-2H3,(H,21,24)/p+1. The molecule has 0 bridgehead atoms. The number of ether oxygens (including phenoxy) is 1. The molecule has 25 heavy (non-hydrogen) atoms. The lowest BCUT2D eigenvalue weighted by Gasteiger charge is -2.34. The number of benzene rings is 2. The summed E-state index contributed by atoms with van der Waals surface area (Å²) in [5.41, 5.74) is 3.39. The molecular formula is C20H26N3O2+. The average Bonchev–Trinajstić information content (AvgIpc) is 2.63. The van der Waals surface area contributed by atoms with Crippen molar-refractivity contribution in [2.24, 2.45) is 0 Å². The van der Waals surface area contributed by atoms with Gasteiger partial charge in [0.05, 0.1) is 33.3 Å². The second-order valence-electron chi connectivity index (χ2n) is 6.48. The Kier molecular flexibility index (Phi) is 5.56. The number of hydrogen-bond acceptors (Lipinski definition) is 3. The first-order valence-electron chi connectivity index (χ1n) is 8.74. The molecule has 5 heteroatoms. The predicted molar refractivity (Wildman–Crippen MR) is 101 cm³/mol. The molecule has 0 unspecified atom stereocenters. The summed E-state index contributed by atoms with van der Waals surface area (Å²) in [4.78, 5) is 16.0. The van der Waals surface area contributed by atoms with Crippen molar-refractivity contribution in [3.63, 3.8) is 0 Å². The van der Waals surface area contributed by atoms with Gasteiger partial charge in [0.2, 0.25) is 0 Å². The summed E-state index contributed by atoms with van der Waals surface area (Å²) in [7, 11) is 1.62. The zero-order valence-corrected chi connectivity index (χ0v) is 14.9. The van der Waals surface area contributed by atoms with Crippen molar-refractivity contribution in [3.05, 3.63) is 54.1 Å². The zero-order chi connectivity index (χ0) is 17.6. The third-order valence-corrected chi connectivity index (χ3v) is 4.69. The van der Waals surface area contributed by atoms with Crippen molar-refractivity contribution < 1.29 is 14.4 Å². The average molecular weight is 340 g/mol. The van der Waals surface area contributed by atoms with E-state index in [-0.39, 0.29) is 5.91 Å². The van der Waals surface area contributed by atoms with E-state index in [4.69, 9.17) is 4.74 Å². The fourth-order valence-electron chi connectivity index (χ4n) is 3.29. The lowest BCUT2D eigenvalue weighted by atomic mass is 10.1. The van der Waals surface area contributed by atoms with Gasteiger partial charge in [0.25, 0.3) is 5.91 Å². The quantitative estimate of drug-likeness (QED) is 0.864. The molecule has 0 aromatic heterocycles. The Morgan fingerprint density at radius 1 is 1.16 bits per heavy atom. The van der Waals surface area contributed by atoms with Gasteiger partial charge in [0.15, 0.2) is 6.54 Å². The number of amides is 1. The van der Waals surface area contributed by atoms with E-state index in [1.54, 1.807) is 7.11 Å².